The van der Waals surface area contributed by atoms with E-state index in [9.17, 15) is 9.59 Å². The number of nitrogens with one attached hydrogen (secondary N) is 2. The first kappa shape index (κ1) is 24.5. The molecule has 7 heteroatoms. The summed E-state index contributed by atoms with van der Waals surface area (Å²) in [4.78, 5) is 24.0. The molecule has 7 nitrogen and oxygen atoms in total. The van der Waals surface area contributed by atoms with Gasteiger partial charge < -0.3 is 9.30 Å². The van der Waals surface area contributed by atoms with E-state index in [0.717, 1.165) is 33.8 Å². The average molecular weight is 479 g/mol. The molecule has 180 valence electrons. The first-order valence-corrected chi connectivity index (χ1v) is 11.6. The predicted octanol–water partition coefficient (Wildman–Crippen LogP) is 5.02. The van der Waals surface area contributed by atoms with Crippen LogP contribution in [0.3, 0.4) is 0 Å². The lowest BCUT2D eigenvalue weighted by Gasteiger charge is -2.16. The molecule has 0 fully saturated rings. The number of carbonyl (C=O) groups excluding carboxylic acids is 2. The fourth-order valence-electron chi connectivity index (χ4n) is 4.01. The van der Waals surface area contributed by atoms with Crippen LogP contribution in [0.1, 0.15) is 29.3 Å². The lowest BCUT2D eigenvalue weighted by Crippen LogP contribution is -2.36. The Morgan fingerprint density at radius 3 is 2.17 bits per heavy atom. The van der Waals surface area contributed by atoms with Crippen molar-refractivity contribution in [1.82, 2.24) is 15.4 Å². The second-order valence-electron chi connectivity index (χ2n) is 7.97. The quantitative estimate of drug-likeness (QED) is 0.260. The van der Waals surface area contributed by atoms with E-state index in [1.165, 1.54) is 0 Å². The van der Waals surface area contributed by atoms with Crippen LogP contribution in [0.2, 0.25) is 0 Å². The van der Waals surface area contributed by atoms with Crippen molar-refractivity contribution in [3.05, 3.63) is 102 Å². The topological polar surface area (TPSA) is 96.2 Å². The van der Waals surface area contributed by atoms with Gasteiger partial charge in [-0.25, -0.2) is 10.2 Å². The number of nitriles is 1. The third-order valence-corrected chi connectivity index (χ3v) is 5.58. The van der Waals surface area contributed by atoms with E-state index in [4.69, 9.17) is 10.00 Å². The van der Waals surface area contributed by atoms with Crippen LogP contribution >= 0.6 is 0 Å². The largest absolute Gasteiger partial charge is 0.462 e. The average Bonchev–Trinajstić information content (AvgIpc) is 3.29. The number of hydrogen-bond acceptors (Lipinski definition) is 5. The first-order valence-electron chi connectivity index (χ1n) is 11.6. The highest BCUT2D eigenvalue weighted by Crippen LogP contribution is 2.36. The van der Waals surface area contributed by atoms with E-state index in [0.29, 0.717) is 18.7 Å². The van der Waals surface area contributed by atoms with Crippen molar-refractivity contribution in [3.8, 4) is 34.3 Å². The Morgan fingerprint density at radius 1 is 0.917 bits per heavy atom. The molecule has 0 unspecified atom stereocenters. The summed E-state index contributed by atoms with van der Waals surface area (Å²) in [7, 11) is 0. The molecule has 4 rings (SSSR count). The predicted molar refractivity (Wildman–Crippen MR) is 138 cm³/mol. The van der Waals surface area contributed by atoms with E-state index in [1.54, 1.807) is 19.1 Å². The van der Waals surface area contributed by atoms with E-state index in [-0.39, 0.29) is 12.4 Å². The molecule has 0 saturated carbocycles. The molecule has 1 amide bonds. The molecule has 2 N–H and O–H groups in total. The zero-order chi connectivity index (χ0) is 25.3. The highest BCUT2D eigenvalue weighted by molar-refractivity contribution is 5.89. The standard InChI is InChI=1S/C29H26N4O3/c1-2-36-29(35)23-13-15-25(16-14-23)33-26(21-9-5-3-6-10-21)19-24(20-31-32-27(34)17-18-30)28(33)22-11-7-4-8-12-22/h3-16,19,31H,2,17,20H2,1H3,(H,32,34). The third-order valence-electron chi connectivity index (χ3n) is 5.58. The molecule has 0 aliphatic heterocycles. The van der Waals surface area contributed by atoms with Crippen LogP contribution in [0.15, 0.2) is 91.0 Å². The van der Waals surface area contributed by atoms with Gasteiger partial charge >= 0.3 is 5.97 Å². The summed E-state index contributed by atoms with van der Waals surface area (Å²) in [6, 6.07) is 31.2. The van der Waals surface area contributed by atoms with Gasteiger partial charge in [-0.2, -0.15) is 5.26 Å². The Bertz CT molecular complexity index is 1370. The molecule has 0 aliphatic rings. The number of hydrogen-bond donors (Lipinski definition) is 2. The Balaban J connectivity index is 1.84. The molecular weight excluding hydrogens is 452 g/mol. The number of benzene rings is 3. The van der Waals surface area contributed by atoms with Crippen LogP contribution in [0.4, 0.5) is 0 Å². The number of amides is 1. The molecule has 0 spiro atoms. The second kappa shape index (κ2) is 11.6. The molecule has 0 saturated heterocycles. The van der Waals surface area contributed by atoms with E-state index >= 15 is 0 Å². The second-order valence-corrected chi connectivity index (χ2v) is 7.97. The maximum Gasteiger partial charge on any atom is 0.338 e. The van der Waals surface area contributed by atoms with Crippen LogP contribution < -0.4 is 10.9 Å². The van der Waals surface area contributed by atoms with Crippen molar-refractivity contribution >= 4 is 11.9 Å². The zero-order valence-electron chi connectivity index (χ0n) is 19.9. The van der Waals surface area contributed by atoms with Crippen LogP contribution in [-0.4, -0.2) is 23.1 Å². The molecule has 4 aromatic rings. The van der Waals surface area contributed by atoms with Gasteiger partial charge in [-0.15, -0.1) is 0 Å². The molecule has 0 aliphatic carbocycles. The molecule has 1 aromatic heterocycles. The Morgan fingerprint density at radius 2 is 1.56 bits per heavy atom. The highest BCUT2D eigenvalue weighted by atomic mass is 16.5. The van der Waals surface area contributed by atoms with Crippen LogP contribution in [0, 0.1) is 11.3 Å². The van der Waals surface area contributed by atoms with Gasteiger partial charge in [0.1, 0.15) is 6.42 Å². The summed E-state index contributed by atoms with van der Waals surface area (Å²) in [6.07, 6.45) is -0.221. The maximum absolute atomic E-state index is 12.2. The number of aromatic nitrogens is 1. The SMILES string of the molecule is CCOC(=O)c1ccc(-n2c(-c3ccccc3)cc(CNNC(=O)CC#N)c2-c2ccccc2)cc1. The summed E-state index contributed by atoms with van der Waals surface area (Å²) in [5.41, 5.74) is 11.8. The molecular formula is C29H26N4O3. The Hall–Kier alpha value is -4.67. The Labute approximate surface area is 209 Å². The first-order chi connectivity index (χ1) is 17.6. The molecule has 36 heavy (non-hydrogen) atoms. The minimum Gasteiger partial charge on any atom is -0.462 e. The fraction of sp³-hybridized carbons (Fsp3) is 0.138. The lowest BCUT2D eigenvalue weighted by atomic mass is 10.1. The summed E-state index contributed by atoms with van der Waals surface area (Å²) < 4.78 is 7.28. The summed E-state index contributed by atoms with van der Waals surface area (Å²) in [6.45, 7) is 2.44. The molecule has 0 radical (unpaired) electrons. The van der Waals surface area contributed by atoms with Crippen molar-refractivity contribution < 1.29 is 14.3 Å². The number of esters is 1. The van der Waals surface area contributed by atoms with Crippen molar-refractivity contribution in [3.63, 3.8) is 0 Å². The summed E-state index contributed by atoms with van der Waals surface area (Å²) >= 11 is 0. The molecule has 0 atom stereocenters. The maximum atomic E-state index is 12.2. The van der Waals surface area contributed by atoms with Crippen LogP contribution in [0.25, 0.3) is 28.2 Å². The lowest BCUT2D eigenvalue weighted by molar-refractivity contribution is -0.121. The zero-order valence-corrected chi connectivity index (χ0v) is 19.9. The van der Waals surface area contributed by atoms with Gasteiger partial charge in [0.25, 0.3) is 0 Å². The minimum absolute atomic E-state index is 0.221. The number of carbonyl (C=O) groups is 2. The van der Waals surface area contributed by atoms with E-state index < -0.39 is 5.91 Å². The van der Waals surface area contributed by atoms with Gasteiger partial charge in [0.15, 0.2) is 0 Å². The monoisotopic (exact) mass is 478 g/mol. The van der Waals surface area contributed by atoms with Gasteiger partial charge in [0.05, 0.1) is 29.6 Å². The summed E-state index contributed by atoms with van der Waals surface area (Å²) in [5.74, 6) is -0.753. The number of rotatable bonds is 9. The fourth-order valence-corrected chi connectivity index (χ4v) is 4.01. The van der Waals surface area contributed by atoms with Gasteiger partial charge in [0.2, 0.25) is 5.91 Å². The van der Waals surface area contributed by atoms with Crippen molar-refractivity contribution in [2.45, 2.75) is 19.9 Å². The van der Waals surface area contributed by atoms with Crippen molar-refractivity contribution in [2.75, 3.05) is 6.61 Å². The van der Waals surface area contributed by atoms with Gasteiger partial charge in [0, 0.05) is 12.2 Å². The minimum atomic E-state index is -0.393. The summed E-state index contributed by atoms with van der Waals surface area (Å²) in [5, 5.41) is 8.75. The van der Waals surface area contributed by atoms with Crippen molar-refractivity contribution in [2.24, 2.45) is 0 Å². The van der Waals surface area contributed by atoms with Crippen molar-refractivity contribution in [1.29, 1.82) is 5.26 Å². The molecule has 1 heterocycles. The number of ether oxygens (including phenoxy) is 1. The van der Waals surface area contributed by atoms with E-state index in [2.05, 4.69) is 21.5 Å². The number of nitrogens with zero attached hydrogens (tertiary/aromatic N) is 2. The van der Waals surface area contributed by atoms with Crippen LogP contribution in [-0.2, 0) is 16.1 Å². The normalized spacial score (nSPS) is 10.4. The molecule has 3 aromatic carbocycles. The smallest absolute Gasteiger partial charge is 0.338 e. The van der Waals surface area contributed by atoms with E-state index in [1.807, 2.05) is 78.9 Å². The Kier molecular flexibility index (Phi) is 7.91. The third kappa shape index (κ3) is 5.52. The van der Waals surface area contributed by atoms with Gasteiger partial charge in [-0.3, -0.25) is 10.2 Å². The molecule has 0 bridgehead atoms. The van der Waals surface area contributed by atoms with Gasteiger partial charge in [-0.1, -0.05) is 60.7 Å². The highest BCUT2D eigenvalue weighted by Gasteiger charge is 2.20. The van der Waals surface area contributed by atoms with Gasteiger partial charge in [-0.05, 0) is 53.9 Å². The van der Waals surface area contributed by atoms with Crippen LogP contribution in [0.5, 0.6) is 0 Å². The number of hydrazine groups is 1.